The molecule has 1 N–H and O–H groups in total. The zero-order valence-electron chi connectivity index (χ0n) is 17.9. The second kappa shape index (κ2) is 7.69. The molecule has 3 heterocycles. The van der Waals surface area contributed by atoms with Crippen LogP contribution < -0.4 is 4.90 Å². The van der Waals surface area contributed by atoms with Gasteiger partial charge in [0.25, 0.3) is 0 Å². The number of benzene rings is 2. The second-order valence-corrected chi connectivity index (χ2v) is 8.38. The van der Waals surface area contributed by atoms with Crippen molar-refractivity contribution in [2.45, 2.75) is 33.7 Å². The number of aryl methyl sites for hydroxylation is 3. The van der Waals surface area contributed by atoms with Crippen molar-refractivity contribution in [3.8, 4) is 0 Å². The quantitative estimate of drug-likeness (QED) is 0.560. The minimum Gasteiger partial charge on any atom is -0.341 e. The van der Waals surface area contributed by atoms with Crippen LogP contribution >= 0.6 is 0 Å². The predicted octanol–water partition coefficient (Wildman–Crippen LogP) is 4.14. The van der Waals surface area contributed by atoms with Crippen molar-refractivity contribution in [3.63, 3.8) is 0 Å². The Labute approximate surface area is 177 Å². The van der Waals surface area contributed by atoms with Crippen molar-refractivity contribution < 1.29 is 0 Å². The van der Waals surface area contributed by atoms with Gasteiger partial charge in [-0.25, -0.2) is 15.0 Å². The van der Waals surface area contributed by atoms with Gasteiger partial charge in [-0.1, -0.05) is 12.1 Å². The monoisotopic (exact) mass is 400 g/mol. The van der Waals surface area contributed by atoms with E-state index in [2.05, 4.69) is 59.8 Å². The van der Waals surface area contributed by atoms with E-state index in [1.807, 2.05) is 12.1 Å². The average molecular weight is 401 g/mol. The summed E-state index contributed by atoms with van der Waals surface area (Å²) in [5.74, 6) is 1.89. The zero-order chi connectivity index (χ0) is 20.7. The standard InChI is InChI=1S/C24H28N6/c1-16-13-19-18(3)25-24(28-22(19)14-17(16)2)30-10-6-9-29(11-12-30)15-23-26-20-7-4-5-8-21(20)27-23/h4-5,7-8,13-14H,6,9-12,15H2,1-3H3,(H,26,27). The minimum atomic E-state index is 0.846. The smallest absolute Gasteiger partial charge is 0.226 e. The number of imidazole rings is 1. The van der Waals surface area contributed by atoms with Crippen molar-refractivity contribution in [2.75, 3.05) is 31.1 Å². The third-order valence-electron chi connectivity index (χ3n) is 6.17. The number of hydrogen-bond acceptors (Lipinski definition) is 5. The normalized spacial score (nSPS) is 15.8. The molecule has 2 aromatic heterocycles. The Morgan fingerprint density at radius 3 is 2.57 bits per heavy atom. The first-order valence-corrected chi connectivity index (χ1v) is 10.7. The lowest BCUT2D eigenvalue weighted by Gasteiger charge is -2.22. The van der Waals surface area contributed by atoms with E-state index < -0.39 is 0 Å². The Morgan fingerprint density at radius 1 is 0.867 bits per heavy atom. The molecule has 30 heavy (non-hydrogen) atoms. The SMILES string of the molecule is Cc1cc2nc(N3CCCN(Cc4nc5ccccc5[nH]4)CC3)nc(C)c2cc1C. The van der Waals surface area contributed by atoms with Crippen LogP contribution in [0.3, 0.4) is 0 Å². The number of fused-ring (bicyclic) bond motifs is 2. The van der Waals surface area contributed by atoms with Crippen LogP contribution in [0.1, 0.15) is 29.1 Å². The Hall–Kier alpha value is -2.99. The number of aromatic nitrogens is 4. The molecule has 6 nitrogen and oxygen atoms in total. The lowest BCUT2D eigenvalue weighted by molar-refractivity contribution is 0.279. The number of H-pyrrole nitrogens is 1. The van der Waals surface area contributed by atoms with Gasteiger partial charge < -0.3 is 9.88 Å². The van der Waals surface area contributed by atoms with Gasteiger partial charge in [0.1, 0.15) is 5.82 Å². The van der Waals surface area contributed by atoms with Crippen LogP contribution in [0.15, 0.2) is 36.4 Å². The van der Waals surface area contributed by atoms with E-state index in [1.54, 1.807) is 0 Å². The molecule has 0 aliphatic carbocycles. The fraction of sp³-hybridized carbons (Fsp3) is 0.375. The number of anilines is 1. The number of nitrogens with one attached hydrogen (secondary N) is 1. The molecule has 1 aliphatic heterocycles. The van der Waals surface area contributed by atoms with Crippen LogP contribution in [0.4, 0.5) is 5.95 Å². The lowest BCUT2D eigenvalue weighted by atomic mass is 10.1. The molecule has 1 aliphatic rings. The predicted molar refractivity (Wildman–Crippen MR) is 122 cm³/mol. The first kappa shape index (κ1) is 19.0. The topological polar surface area (TPSA) is 60.9 Å². The number of para-hydroxylation sites is 2. The highest BCUT2D eigenvalue weighted by atomic mass is 15.3. The van der Waals surface area contributed by atoms with E-state index in [1.165, 1.54) is 11.1 Å². The van der Waals surface area contributed by atoms with E-state index in [9.17, 15) is 0 Å². The van der Waals surface area contributed by atoms with Crippen LogP contribution in [0, 0.1) is 20.8 Å². The second-order valence-electron chi connectivity index (χ2n) is 8.38. The molecule has 5 rings (SSSR count). The summed E-state index contributed by atoms with van der Waals surface area (Å²) in [6, 6.07) is 12.6. The van der Waals surface area contributed by atoms with Gasteiger partial charge in [0.15, 0.2) is 0 Å². The summed E-state index contributed by atoms with van der Waals surface area (Å²) < 4.78 is 0. The fourth-order valence-corrected chi connectivity index (χ4v) is 4.29. The highest BCUT2D eigenvalue weighted by Gasteiger charge is 2.19. The summed E-state index contributed by atoms with van der Waals surface area (Å²) >= 11 is 0. The lowest BCUT2D eigenvalue weighted by Crippen LogP contribution is -2.31. The molecule has 6 heteroatoms. The highest BCUT2D eigenvalue weighted by molar-refractivity contribution is 5.83. The van der Waals surface area contributed by atoms with Gasteiger partial charge in [0.05, 0.1) is 28.8 Å². The maximum atomic E-state index is 4.92. The molecule has 0 amide bonds. The van der Waals surface area contributed by atoms with Gasteiger partial charge in [-0.15, -0.1) is 0 Å². The Morgan fingerprint density at radius 2 is 1.70 bits per heavy atom. The fourth-order valence-electron chi connectivity index (χ4n) is 4.29. The van der Waals surface area contributed by atoms with Gasteiger partial charge >= 0.3 is 0 Å². The van der Waals surface area contributed by atoms with Crippen molar-refractivity contribution in [1.82, 2.24) is 24.8 Å². The Bertz CT molecular complexity index is 1180. The summed E-state index contributed by atoms with van der Waals surface area (Å²) in [5, 5.41) is 1.16. The van der Waals surface area contributed by atoms with E-state index in [0.29, 0.717) is 0 Å². The zero-order valence-corrected chi connectivity index (χ0v) is 17.9. The molecule has 0 spiro atoms. The van der Waals surface area contributed by atoms with Gasteiger partial charge in [0.2, 0.25) is 5.95 Å². The molecule has 1 saturated heterocycles. The van der Waals surface area contributed by atoms with Gasteiger partial charge in [-0.05, 0) is 62.6 Å². The van der Waals surface area contributed by atoms with Gasteiger partial charge in [-0.2, -0.15) is 0 Å². The molecule has 0 atom stereocenters. The molecule has 1 fully saturated rings. The van der Waals surface area contributed by atoms with Gasteiger partial charge in [0, 0.05) is 31.6 Å². The highest BCUT2D eigenvalue weighted by Crippen LogP contribution is 2.23. The van der Waals surface area contributed by atoms with Gasteiger partial charge in [-0.3, -0.25) is 4.90 Å². The first-order chi connectivity index (χ1) is 14.6. The number of hydrogen-bond donors (Lipinski definition) is 1. The molecule has 2 aromatic carbocycles. The number of rotatable bonds is 3. The summed E-state index contributed by atoms with van der Waals surface area (Å²) in [7, 11) is 0. The van der Waals surface area contributed by atoms with E-state index in [-0.39, 0.29) is 0 Å². The molecular weight excluding hydrogens is 372 g/mol. The summed E-state index contributed by atoms with van der Waals surface area (Å²) in [5.41, 5.74) is 6.81. The third-order valence-corrected chi connectivity index (χ3v) is 6.17. The first-order valence-electron chi connectivity index (χ1n) is 10.7. The van der Waals surface area contributed by atoms with E-state index in [0.717, 1.165) is 78.5 Å². The summed E-state index contributed by atoms with van der Waals surface area (Å²) in [6.07, 6.45) is 1.09. The Balaban J connectivity index is 1.33. The van der Waals surface area contributed by atoms with Crippen LogP contribution in [-0.4, -0.2) is 51.0 Å². The molecular formula is C24H28N6. The van der Waals surface area contributed by atoms with E-state index in [4.69, 9.17) is 15.0 Å². The molecule has 0 saturated carbocycles. The molecule has 0 radical (unpaired) electrons. The summed E-state index contributed by atoms with van der Waals surface area (Å²) in [6.45, 7) is 11.2. The van der Waals surface area contributed by atoms with Crippen LogP contribution in [-0.2, 0) is 6.54 Å². The molecule has 0 unspecified atom stereocenters. The minimum absolute atomic E-state index is 0.846. The maximum absolute atomic E-state index is 4.92. The molecule has 154 valence electrons. The van der Waals surface area contributed by atoms with Crippen LogP contribution in [0.25, 0.3) is 21.9 Å². The van der Waals surface area contributed by atoms with E-state index >= 15 is 0 Å². The van der Waals surface area contributed by atoms with Crippen LogP contribution in [0.5, 0.6) is 0 Å². The Kier molecular flexibility index (Phi) is 4.87. The molecule has 4 aromatic rings. The van der Waals surface area contributed by atoms with Crippen molar-refractivity contribution >= 4 is 27.9 Å². The number of nitrogens with zero attached hydrogens (tertiary/aromatic N) is 5. The number of aromatic amines is 1. The third kappa shape index (κ3) is 3.63. The maximum Gasteiger partial charge on any atom is 0.226 e. The largest absolute Gasteiger partial charge is 0.341 e. The van der Waals surface area contributed by atoms with Crippen molar-refractivity contribution in [3.05, 3.63) is 59.0 Å². The van der Waals surface area contributed by atoms with Crippen molar-refractivity contribution in [1.29, 1.82) is 0 Å². The average Bonchev–Trinajstić information content (AvgIpc) is 2.99. The van der Waals surface area contributed by atoms with Crippen LogP contribution in [0.2, 0.25) is 0 Å². The van der Waals surface area contributed by atoms with Crippen molar-refractivity contribution in [2.24, 2.45) is 0 Å². The summed E-state index contributed by atoms with van der Waals surface area (Å²) in [4.78, 5) is 22.8. The molecule has 0 bridgehead atoms.